The Bertz CT molecular complexity index is 150. The predicted molar refractivity (Wildman–Crippen MR) is 69.0 cm³/mol. The van der Waals surface area contributed by atoms with Crippen LogP contribution in [0.4, 0.5) is 0 Å². The van der Waals surface area contributed by atoms with Gasteiger partial charge in [-0.15, -0.1) is 0 Å². The van der Waals surface area contributed by atoms with Crippen molar-refractivity contribution in [2.45, 2.75) is 78.6 Å². The molecule has 3 atom stereocenters. The largest absolute Gasteiger partial charge is 0.0625 e. The van der Waals surface area contributed by atoms with Crippen LogP contribution in [0, 0.1) is 17.8 Å². The van der Waals surface area contributed by atoms with Gasteiger partial charge in [0.25, 0.3) is 0 Å². The molecule has 0 saturated heterocycles. The second kappa shape index (κ2) is 7.30. The molecule has 0 heterocycles. The standard InChI is InChI=1S/C15H30/c1-13-8-6-4-5-7-9-14(2)12-15(3)11-10-13/h13-15H,4-12H2,1-3H3. The van der Waals surface area contributed by atoms with Crippen molar-refractivity contribution in [1.82, 2.24) is 0 Å². The van der Waals surface area contributed by atoms with E-state index in [0.29, 0.717) is 0 Å². The number of hydrogen-bond acceptors (Lipinski definition) is 0. The van der Waals surface area contributed by atoms with Crippen LogP contribution in [0.25, 0.3) is 0 Å². The van der Waals surface area contributed by atoms with Crippen LogP contribution in [0.3, 0.4) is 0 Å². The van der Waals surface area contributed by atoms with Crippen LogP contribution in [0.15, 0.2) is 0 Å². The second-order valence-corrected chi connectivity index (χ2v) is 6.12. The highest BCUT2D eigenvalue weighted by Crippen LogP contribution is 2.26. The Labute approximate surface area is 96.8 Å². The van der Waals surface area contributed by atoms with E-state index in [-0.39, 0.29) is 0 Å². The molecule has 0 N–H and O–H groups in total. The first kappa shape index (κ1) is 13.1. The molecule has 0 nitrogen and oxygen atoms in total. The molecule has 0 aromatic heterocycles. The van der Waals surface area contributed by atoms with Gasteiger partial charge in [0.05, 0.1) is 0 Å². The molecule has 0 aliphatic heterocycles. The number of rotatable bonds is 0. The van der Waals surface area contributed by atoms with Crippen molar-refractivity contribution in [2.75, 3.05) is 0 Å². The molecule has 0 heteroatoms. The minimum Gasteiger partial charge on any atom is -0.0625 e. The third-order valence-corrected chi connectivity index (χ3v) is 4.10. The minimum atomic E-state index is 0.960. The molecule has 0 amide bonds. The maximum atomic E-state index is 2.45. The van der Waals surface area contributed by atoms with Crippen molar-refractivity contribution < 1.29 is 0 Å². The lowest BCUT2D eigenvalue weighted by atomic mass is 9.86. The topological polar surface area (TPSA) is 0 Å². The van der Waals surface area contributed by atoms with Gasteiger partial charge in [-0.1, -0.05) is 72.1 Å². The Morgan fingerprint density at radius 2 is 1.00 bits per heavy atom. The van der Waals surface area contributed by atoms with Gasteiger partial charge in [0, 0.05) is 0 Å². The Balaban J connectivity index is 2.32. The smallest absolute Gasteiger partial charge is 0.0440 e. The molecule has 0 aromatic rings. The van der Waals surface area contributed by atoms with E-state index in [0.717, 1.165) is 17.8 Å². The maximum absolute atomic E-state index is 2.45. The van der Waals surface area contributed by atoms with Gasteiger partial charge in [0.15, 0.2) is 0 Å². The van der Waals surface area contributed by atoms with Gasteiger partial charge in [-0.2, -0.15) is 0 Å². The molecule has 0 aromatic carbocycles. The Hall–Kier alpha value is 0. The van der Waals surface area contributed by atoms with Crippen LogP contribution in [-0.2, 0) is 0 Å². The van der Waals surface area contributed by atoms with E-state index in [2.05, 4.69) is 20.8 Å². The summed E-state index contributed by atoms with van der Waals surface area (Å²) in [5.74, 6) is 2.90. The monoisotopic (exact) mass is 210 g/mol. The van der Waals surface area contributed by atoms with Crippen molar-refractivity contribution in [1.29, 1.82) is 0 Å². The van der Waals surface area contributed by atoms with E-state index in [1.165, 1.54) is 57.8 Å². The predicted octanol–water partition coefficient (Wildman–Crippen LogP) is 5.42. The van der Waals surface area contributed by atoms with Gasteiger partial charge in [-0.3, -0.25) is 0 Å². The highest BCUT2D eigenvalue weighted by atomic mass is 14.2. The van der Waals surface area contributed by atoms with Crippen molar-refractivity contribution in [2.24, 2.45) is 17.8 Å². The van der Waals surface area contributed by atoms with E-state index >= 15 is 0 Å². The zero-order valence-electron chi connectivity index (χ0n) is 11.1. The third kappa shape index (κ3) is 6.22. The van der Waals surface area contributed by atoms with E-state index in [4.69, 9.17) is 0 Å². The average Bonchev–Trinajstić information content (AvgIpc) is 2.18. The first-order valence-corrected chi connectivity index (χ1v) is 7.18. The van der Waals surface area contributed by atoms with Crippen LogP contribution in [0.2, 0.25) is 0 Å². The lowest BCUT2D eigenvalue weighted by Crippen LogP contribution is -2.07. The first-order chi connectivity index (χ1) is 7.18. The first-order valence-electron chi connectivity index (χ1n) is 7.18. The van der Waals surface area contributed by atoms with Gasteiger partial charge >= 0.3 is 0 Å². The van der Waals surface area contributed by atoms with E-state index in [1.54, 1.807) is 0 Å². The lowest BCUT2D eigenvalue weighted by Gasteiger charge is -2.20. The zero-order valence-corrected chi connectivity index (χ0v) is 11.1. The molecule has 1 aliphatic rings. The third-order valence-electron chi connectivity index (χ3n) is 4.10. The zero-order chi connectivity index (χ0) is 11.1. The summed E-state index contributed by atoms with van der Waals surface area (Å²) in [7, 11) is 0. The fourth-order valence-electron chi connectivity index (χ4n) is 2.98. The van der Waals surface area contributed by atoms with Crippen molar-refractivity contribution in [3.8, 4) is 0 Å². The van der Waals surface area contributed by atoms with Crippen molar-refractivity contribution in [3.05, 3.63) is 0 Å². The molecule has 90 valence electrons. The van der Waals surface area contributed by atoms with Gasteiger partial charge in [0.1, 0.15) is 0 Å². The van der Waals surface area contributed by atoms with Crippen LogP contribution >= 0.6 is 0 Å². The molecular formula is C15H30. The highest BCUT2D eigenvalue weighted by Gasteiger charge is 2.12. The van der Waals surface area contributed by atoms with Crippen LogP contribution in [0.5, 0.6) is 0 Å². The molecular weight excluding hydrogens is 180 g/mol. The van der Waals surface area contributed by atoms with Crippen molar-refractivity contribution >= 4 is 0 Å². The van der Waals surface area contributed by atoms with Gasteiger partial charge in [0.2, 0.25) is 0 Å². The molecule has 3 unspecified atom stereocenters. The molecule has 0 bridgehead atoms. The molecule has 0 spiro atoms. The summed E-state index contributed by atoms with van der Waals surface area (Å²) in [6.07, 6.45) is 13.2. The normalized spacial score (nSPS) is 36.6. The summed E-state index contributed by atoms with van der Waals surface area (Å²) < 4.78 is 0. The minimum absolute atomic E-state index is 0.960. The van der Waals surface area contributed by atoms with Crippen LogP contribution in [0.1, 0.15) is 78.6 Å². The fourth-order valence-corrected chi connectivity index (χ4v) is 2.98. The lowest BCUT2D eigenvalue weighted by molar-refractivity contribution is 0.323. The molecule has 1 rings (SSSR count). The van der Waals surface area contributed by atoms with Gasteiger partial charge in [-0.05, 0) is 24.2 Å². The van der Waals surface area contributed by atoms with E-state index in [1.807, 2.05) is 0 Å². The summed E-state index contributed by atoms with van der Waals surface area (Å²) in [5, 5.41) is 0. The van der Waals surface area contributed by atoms with Crippen LogP contribution < -0.4 is 0 Å². The van der Waals surface area contributed by atoms with Crippen LogP contribution in [-0.4, -0.2) is 0 Å². The molecule has 1 saturated carbocycles. The van der Waals surface area contributed by atoms with E-state index in [9.17, 15) is 0 Å². The highest BCUT2D eigenvalue weighted by molar-refractivity contribution is 4.64. The summed E-state index contributed by atoms with van der Waals surface area (Å²) in [6.45, 7) is 7.35. The Morgan fingerprint density at radius 3 is 1.67 bits per heavy atom. The molecule has 1 fully saturated rings. The summed E-state index contributed by atoms with van der Waals surface area (Å²) >= 11 is 0. The second-order valence-electron chi connectivity index (χ2n) is 6.12. The quantitative estimate of drug-likeness (QED) is 0.501. The molecule has 0 radical (unpaired) electrons. The fraction of sp³-hybridized carbons (Fsp3) is 1.00. The Kier molecular flexibility index (Phi) is 6.36. The SMILES string of the molecule is CC1CCCCCCC(C)CC(C)CC1. The summed E-state index contributed by atoms with van der Waals surface area (Å²) in [5.41, 5.74) is 0. The maximum Gasteiger partial charge on any atom is -0.0440 e. The van der Waals surface area contributed by atoms with Crippen molar-refractivity contribution in [3.63, 3.8) is 0 Å². The van der Waals surface area contributed by atoms with E-state index < -0.39 is 0 Å². The average molecular weight is 210 g/mol. The summed E-state index contributed by atoms with van der Waals surface area (Å²) in [6, 6.07) is 0. The number of hydrogen-bond donors (Lipinski definition) is 0. The molecule has 15 heavy (non-hydrogen) atoms. The summed E-state index contributed by atoms with van der Waals surface area (Å²) in [4.78, 5) is 0. The van der Waals surface area contributed by atoms with Gasteiger partial charge < -0.3 is 0 Å². The Morgan fingerprint density at radius 1 is 0.533 bits per heavy atom. The molecule has 1 aliphatic carbocycles. The van der Waals surface area contributed by atoms with Gasteiger partial charge in [-0.25, -0.2) is 0 Å².